The van der Waals surface area contributed by atoms with E-state index < -0.39 is 0 Å². The van der Waals surface area contributed by atoms with E-state index >= 15 is 0 Å². The molecule has 3 saturated carbocycles. The van der Waals surface area contributed by atoms with Crippen LogP contribution in [0.5, 0.6) is 0 Å². The molecule has 2 unspecified atom stereocenters. The average molecular weight is 250 g/mol. The van der Waals surface area contributed by atoms with Gasteiger partial charge in [-0.25, -0.2) is 0 Å². The van der Waals surface area contributed by atoms with Crippen LogP contribution in [0.4, 0.5) is 0 Å². The molecule has 3 aliphatic carbocycles. The van der Waals surface area contributed by atoms with E-state index in [0.717, 1.165) is 50.4 Å². The number of hydrogen-bond acceptors (Lipinski definition) is 2. The molecule has 0 radical (unpaired) electrons. The molecule has 0 bridgehead atoms. The van der Waals surface area contributed by atoms with Crippen molar-refractivity contribution < 1.29 is 9.59 Å². The molecule has 18 heavy (non-hydrogen) atoms. The largest absolute Gasteiger partial charge is 0.369 e. The maximum absolute atomic E-state index is 12.1. The molecule has 4 nitrogen and oxygen atoms in total. The molecule has 2 atom stereocenters. The SMILES string of the molecule is NC(=O)C1CCC(NC(=O)C2CC3CC3C2)CC1. The molecular formula is C14H22N2O2. The normalized spacial score (nSPS) is 42.1. The molecular weight excluding hydrogens is 228 g/mol. The summed E-state index contributed by atoms with van der Waals surface area (Å²) in [5, 5.41) is 3.17. The van der Waals surface area contributed by atoms with E-state index in [1.807, 2.05) is 0 Å². The maximum atomic E-state index is 12.1. The van der Waals surface area contributed by atoms with Crippen LogP contribution in [0.15, 0.2) is 0 Å². The fourth-order valence-electron chi connectivity index (χ4n) is 3.77. The minimum absolute atomic E-state index is 0.0253. The molecule has 0 aromatic carbocycles. The molecule has 100 valence electrons. The van der Waals surface area contributed by atoms with E-state index in [0.29, 0.717) is 0 Å². The first-order valence-electron chi connectivity index (χ1n) is 7.23. The molecule has 3 fully saturated rings. The topological polar surface area (TPSA) is 72.2 Å². The van der Waals surface area contributed by atoms with Crippen LogP contribution in [0.25, 0.3) is 0 Å². The first-order valence-corrected chi connectivity index (χ1v) is 7.23. The van der Waals surface area contributed by atoms with Crippen molar-refractivity contribution in [3.63, 3.8) is 0 Å². The smallest absolute Gasteiger partial charge is 0.223 e. The minimum Gasteiger partial charge on any atom is -0.369 e. The van der Waals surface area contributed by atoms with E-state index in [2.05, 4.69) is 5.32 Å². The summed E-state index contributed by atoms with van der Waals surface area (Å²) in [4.78, 5) is 23.2. The second kappa shape index (κ2) is 4.56. The predicted octanol–water partition coefficient (Wildman–Crippen LogP) is 1.19. The lowest BCUT2D eigenvalue weighted by molar-refractivity contribution is -0.126. The molecule has 0 aliphatic heterocycles. The van der Waals surface area contributed by atoms with Gasteiger partial charge in [0, 0.05) is 17.9 Å². The first-order chi connectivity index (χ1) is 8.63. The van der Waals surface area contributed by atoms with Crippen LogP contribution in [0.3, 0.4) is 0 Å². The molecule has 0 spiro atoms. The van der Waals surface area contributed by atoms with Gasteiger partial charge < -0.3 is 11.1 Å². The van der Waals surface area contributed by atoms with Gasteiger partial charge in [-0.05, 0) is 56.8 Å². The molecule has 0 heterocycles. The van der Waals surface area contributed by atoms with Crippen LogP contribution in [0.1, 0.15) is 44.9 Å². The zero-order chi connectivity index (χ0) is 12.7. The van der Waals surface area contributed by atoms with Crippen molar-refractivity contribution in [3.05, 3.63) is 0 Å². The van der Waals surface area contributed by atoms with Crippen molar-refractivity contribution in [3.8, 4) is 0 Å². The van der Waals surface area contributed by atoms with Gasteiger partial charge >= 0.3 is 0 Å². The predicted molar refractivity (Wildman–Crippen MR) is 67.4 cm³/mol. The Balaban J connectivity index is 1.43. The van der Waals surface area contributed by atoms with E-state index in [4.69, 9.17) is 5.73 Å². The quantitative estimate of drug-likeness (QED) is 0.789. The average Bonchev–Trinajstić information content (AvgIpc) is 2.96. The van der Waals surface area contributed by atoms with Crippen LogP contribution in [-0.4, -0.2) is 17.9 Å². The number of rotatable bonds is 3. The fourth-order valence-corrected chi connectivity index (χ4v) is 3.77. The summed E-state index contributed by atoms with van der Waals surface area (Å²) in [5.74, 6) is 2.07. The Morgan fingerprint density at radius 3 is 2.06 bits per heavy atom. The number of fused-ring (bicyclic) bond motifs is 1. The van der Waals surface area contributed by atoms with Gasteiger partial charge in [-0.15, -0.1) is 0 Å². The van der Waals surface area contributed by atoms with Crippen molar-refractivity contribution in [2.24, 2.45) is 29.4 Å². The van der Waals surface area contributed by atoms with Crippen LogP contribution in [0.2, 0.25) is 0 Å². The van der Waals surface area contributed by atoms with Crippen molar-refractivity contribution in [1.82, 2.24) is 5.32 Å². The van der Waals surface area contributed by atoms with Crippen LogP contribution >= 0.6 is 0 Å². The van der Waals surface area contributed by atoms with Gasteiger partial charge in [0.15, 0.2) is 0 Å². The van der Waals surface area contributed by atoms with Crippen molar-refractivity contribution >= 4 is 11.8 Å². The zero-order valence-electron chi connectivity index (χ0n) is 10.7. The second-order valence-electron chi connectivity index (χ2n) is 6.38. The summed E-state index contributed by atoms with van der Waals surface area (Å²) < 4.78 is 0. The van der Waals surface area contributed by atoms with E-state index in [1.165, 1.54) is 6.42 Å². The summed E-state index contributed by atoms with van der Waals surface area (Å²) in [5.41, 5.74) is 5.31. The third-order valence-electron chi connectivity index (χ3n) is 5.09. The maximum Gasteiger partial charge on any atom is 0.223 e. The molecule has 2 amide bonds. The number of nitrogens with two attached hydrogens (primary N) is 1. The first kappa shape index (κ1) is 12.0. The Kier molecular flexibility index (Phi) is 3.04. The van der Waals surface area contributed by atoms with Crippen molar-refractivity contribution in [2.75, 3.05) is 0 Å². The number of primary amides is 1. The molecule has 0 aromatic heterocycles. The lowest BCUT2D eigenvalue weighted by atomic mass is 9.85. The van der Waals surface area contributed by atoms with Crippen LogP contribution in [0, 0.1) is 23.7 Å². The monoisotopic (exact) mass is 250 g/mol. The van der Waals surface area contributed by atoms with E-state index in [1.54, 1.807) is 0 Å². The van der Waals surface area contributed by atoms with Gasteiger partial charge in [0.2, 0.25) is 11.8 Å². The number of carbonyl (C=O) groups is 2. The third kappa shape index (κ3) is 2.38. The standard InChI is InChI=1S/C14H22N2O2/c15-13(17)8-1-3-12(4-2-8)16-14(18)11-6-9-5-10(9)7-11/h8-12H,1-7H2,(H2,15,17)(H,16,18). The Hall–Kier alpha value is -1.06. The summed E-state index contributed by atoms with van der Waals surface area (Å²) >= 11 is 0. The number of carbonyl (C=O) groups excluding carboxylic acids is 2. The summed E-state index contributed by atoms with van der Waals surface area (Å²) in [6, 6.07) is 0.269. The van der Waals surface area contributed by atoms with E-state index in [-0.39, 0.29) is 29.7 Å². The Morgan fingerprint density at radius 1 is 0.889 bits per heavy atom. The molecule has 3 aliphatic rings. The zero-order valence-corrected chi connectivity index (χ0v) is 10.7. The lowest BCUT2D eigenvalue weighted by Crippen LogP contribution is -2.42. The molecule has 0 aromatic rings. The number of hydrogen-bond donors (Lipinski definition) is 2. The highest BCUT2D eigenvalue weighted by atomic mass is 16.2. The van der Waals surface area contributed by atoms with Gasteiger partial charge in [0.25, 0.3) is 0 Å². The number of nitrogens with one attached hydrogen (secondary N) is 1. The summed E-state index contributed by atoms with van der Waals surface area (Å²) in [6.45, 7) is 0. The van der Waals surface area contributed by atoms with Crippen molar-refractivity contribution in [2.45, 2.75) is 51.0 Å². The van der Waals surface area contributed by atoms with Gasteiger partial charge in [-0.1, -0.05) is 0 Å². The molecule has 3 rings (SSSR count). The van der Waals surface area contributed by atoms with Crippen molar-refractivity contribution in [1.29, 1.82) is 0 Å². The van der Waals surface area contributed by atoms with Crippen LogP contribution in [-0.2, 0) is 9.59 Å². The van der Waals surface area contributed by atoms with Gasteiger partial charge in [-0.2, -0.15) is 0 Å². The summed E-state index contributed by atoms with van der Waals surface area (Å²) in [6.07, 6.45) is 7.03. The molecule has 0 saturated heterocycles. The second-order valence-corrected chi connectivity index (χ2v) is 6.38. The minimum atomic E-state index is -0.185. The third-order valence-corrected chi connectivity index (χ3v) is 5.09. The van der Waals surface area contributed by atoms with E-state index in [9.17, 15) is 9.59 Å². The highest BCUT2D eigenvalue weighted by molar-refractivity contribution is 5.80. The van der Waals surface area contributed by atoms with Gasteiger partial charge in [0.1, 0.15) is 0 Å². The van der Waals surface area contributed by atoms with Crippen LogP contribution < -0.4 is 11.1 Å². The summed E-state index contributed by atoms with van der Waals surface area (Å²) in [7, 11) is 0. The van der Waals surface area contributed by atoms with Gasteiger partial charge in [-0.3, -0.25) is 9.59 Å². The highest BCUT2D eigenvalue weighted by Gasteiger charge is 2.48. The highest BCUT2D eigenvalue weighted by Crippen LogP contribution is 2.54. The Morgan fingerprint density at radius 2 is 1.50 bits per heavy atom. The Bertz CT molecular complexity index is 351. The Labute approximate surface area is 108 Å². The molecule has 3 N–H and O–H groups in total. The molecule has 4 heteroatoms. The fraction of sp³-hybridized carbons (Fsp3) is 0.857. The van der Waals surface area contributed by atoms with Gasteiger partial charge in [0.05, 0.1) is 0 Å². The number of amides is 2. The lowest BCUT2D eigenvalue weighted by Gasteiger charge is -2.28.